The summed E-state index contributed by atoms with van der Waals surface area (Å²) in [6.07, 6.45) is 1.66. The lowest BCUT2D eigenvalue weighted by Gasteiger charge is -2.05. The van der Waals surface area contributed by atoms with Crippen molar-refractivity contribution in [1.29, 1.82) is 0 Å². The minimum Gasteiger partial charge on any atom is -0.481 e. The van der Waals surface area contributed by atoms with Crippen molar-refractivity contribution in [3.05, 3.63) is 42.2 Å². The topological polar surface area (TPSA) is 85.5 Å². The fourth-order valence-corrected chi connectivity index (χ4v) is 1.97. The van der Waals surface area contributed by atoms with E-state index in [9.17, 15) is 4.79 Å². The van der Waals surface area contributed by atoms with E-state index in [0.717, 1.165) is 10.8 Å². The van der Waals surface area contributed by atoms with Gasteiger partial charge in [-0.2, -0.15) is 0 Å². The number of fused-ring (bicyclic) bond motifs is 1. The Morgan fingerprint density at radius 3 is 2.85 bits per heavy atom. The standard InChI is InChI=1S/C14H10N2O4/c1-19-13-10-6-9(3-2-8(10)4-5-15-13)12-7-11(14(17)18)16-20-12/h2-7H,1H3,(H,17,18). The minimum absolute atomic E-state index is 0.127. The highest BCUT2D eigenvalue weighted by Gasteiger charge is 2.13. The third-order valence-corrected chi connectivity index (χ3v) is 2.94. The van der Waals surface area contributed by atoms with Crippen LogP contribution in [0, 0.1) is 0 Å². The van der Waals surface area contributed by atoms with E-state index in [0.29, 0.717) is 17.2 Å². The summed E-state index contributed by atoms with van der Waals surface area (Å²) in [6.45, 7) is 0. The van der Waals surface area contributed by atoms with Gasteiger partial charge in [0.25, 0.3) is 0 Å². The van der Waals surface area contributed by atoms with Gasteiger partial charge in [0.2, 0.25) is 5.88 Å². The maximum absolute atomic E-state index is 10.8. The number of rotatable bonds is 3. The number of pyridine rings is 1. The molecule has 0 radical (unpaired) electrons. The fourth-order valence-electron chi connectivity index (χ4n) is 1.97. The van der Waals surface area contributed by atoms with Crippen molar-refractivity contribution >= 4 is 16.7 Å². The van der Waals surface area contributed by atoms with Crippen LogP contribution in [0.5, 0.6) is 5.88 Å². The van der Waals surface area contributed by atoms with E-state index in [1.54, 1.807) is 13.3 Å². The number of aromatic nitrogens is 2. The molecular weight excluding hydrogens is 260 g/mol. The lowest BCUT2D eigenvalue weighted by Crippen LogP contribution is -1.94. The molecule has 0 atom stereocenters. The van der Waals surface area contributed by atoms with Crippen LogP contribution in [0.15, 0.2) is 41.1 Å². The summed E-state index contributed by atoms with van der Waals surface area (Å²) in [7, 11) is 1.55. The summed E-state index contributed by atoms with van der Waals surface area (Å²) >= 11 is 0. The number of hydrogen-bond donors (Lipinski definition) is 1. The first-order valence-electron chi connectivity index (χ1n) is 5.82. The van der Waals surface area contributed by atoms with Gasteiger partial charge in [-0.25, -0.2) is 9.78 Å². The lowest BCUT2D eigenvalue weighted by molar-refractivity contribution is 0.0686. The molecule has 100 valence electrons. The summed E-state index contributed by atoms with van der Waals surface area (Å²) in [6, 6.07) is 8.79. The van der Waals surface area contributed by atoms with Gasteiger partial charge in [-0.15, -0.1) is 0 Å². The molecule has 0 aliphatic heterocycles. The van der Waals surface area contributed by atoms with Gasteiger partial charge in [0.05, 0.1) is 7.11 Å². The Labute approximate surface area is 113 Å². The molecule has 0 fully saturated rings. The molecule has 0 unspecified atom stereocenters. The second-order valence-corrected chi connectivity index (χ2v) is 4.14. The van der Waals surface area contributed by atoms with E-state index in [4.69, 9.17) is 14.4 Å². The van der Waals surface area contributed by atoms with Gasteiger partial charge in [0.1, 0.15) is 0 Å². The number of nitrogens with zero attached hydrogens (tertiary/aromatic N) is 2. The van der Waals surface area contributed by atoms with Crippen molar-refractivity contribution in [2.24, 2.45) is 0 Å². The monoisotopic (exact) mass is 270 g/mol. The molecule has 3 rings (SSSR count). The summed E-state index contributed by atoms with van der Waals surface area (Å²) in [4.78, 5) is 14.9. The highest BCUT2D eigenvalue weighted by atomic mass is 16.5. The summed E-state index contributed by atoms with van der Waals surface area (Å²) < 4.78 is 10.3. The molecule has 3 aromatic rings. The van der Waals surface area contributed by atoms with E-state index in [1.165, 1.54) is 6.07 Å². The first-order valence-corrected chi connectivity index (χ1v) is 5.82. The third-order valence-electron chi connectivity index (χ3n) is 2.94. The Hall–Kier alpha value is -2.89. The van der Waals surface area contributed by atoms with Crippen LogP contribution in [0.1, 0.15) is 10.5 Å². The van der Waals surface area contributed by atoms with E-state index in [-0.39, 0.29) is 5.69 Å². The van der Waals surface area contributed by atoms with Crippen LogP contribution in [0.3, 0.4) is 0 Å². The Kier molecular flexibility index (Phi) is 2.83. The van der Waals surface area contributed by atoms with Crippen molar-refractivity contribution in [3.63, 3.8) is 0 Å². The average molecular weight is 270 g/mol. The number of hydrogen-bond acceptors (Lipinski definition) is 5. The maximum atomic E-state index is 10.8. The van der Waals surface area contributed by atoms with Gasteiger partial charge in [0, 0.05) is 23.2 Å². The molecule has 0 saturated carbocycles. The Morgan fingerprint density at radius 1 is 1.30 bits per heavy atom. The quantitative estimate of drug-likeness (QED) is 0.787. The first kappa shape index (κ1) is 12.2. The lowest BCUT2D eigenvalue weighted by atomic mass is 10.1. The summed E-state index contributed by atoms with van der Waals surface area (Å²) in [5.74, 6) is -0.238. The number of benzene rings is 1. The first-order chi connectivity index (χ1) is 9.69. The SMILES string of the molecule is COc1nccc2ccc(-c3cc(C(=O)O)no3)cc12. The number of carboxylic acids is 1. The predicted molar refractivity (Wildman–Crippen MR) is 70.8 cm³/mol. The van der Waals surface area contributed by atoms with Crippen molar-refractivity contribution in [2.45, 2.75) is 0 Å². The number of aromatic carboxylic acids is 1. The maximum Gasteiger partial charge on any atom is 0.358 e. The molecule has 0 spiro atoms. The molecule has 6 heteroatoms. The zero-order valence-corrected chi connectivity index (χ0v) is 10.5. The molecule has 2 heterocycles. The summed E-state index contributed by atoms with van der Waals surface area (Å²) in [5, 5.41) is 14.1. The van der Waals surface area contributed by atoms with Crippen LogP contribution in [0.25, 0.3) is 22.1 Å². The van der Waals surface area contributed by atoms with Crippen molar-refractivity contribution in [2.75, 3.05) is 7.11 Å². The summed E-state index contributed by atoms with van der Waals surface area (Å²) in [5.41, 5.74) is 0.585. The van der Waals surface area contributed by atoms with Gasteiger partial charge in [0.15, 0.2) is 11.5 Å². The van der Waals surface area contributed by atoms with Crippen LogP contribution >= 0.6 is 0 Å². The fraction of sp³-hybridized carbons (Fsp3) is 0.0714. The van der Waals surface area contributed by atoms with Gasteiger partial charge >= 0.3 is 5.97 Å². The Balaban J connectivity index is 2.14. The molecule has 1 N–H and O–H groups in total. The molecule has 0 saturated heterocycles. The van der Waals surface area contributed by atoms with Gasteiger partial charge < -0.3 is 14.4 Å². The van der Waals surface area contributed by atoms with E-state index in [1.807, 2.05) is 24.3 Å². The van der Waals surface area contributed by atoms with Crippen LogP contribution in [0.4, 0.5) is 0 Å². The molecule has 0 aliphatic rings. The largest absolute Gasteiger partial charge is 0.481 e. The van der Waals surface area contributed by atoms with Crippen molar-refractivity contribution < 1.29 is 19.2 Å². The molecule has 0 bridgehead atoms. The zero-order valence-electron chi connectivity index (χ0n) is 10.5. The minimum atomic E-state index is -1.12. The molecule has 6 nitrogen and oxygen atoms in total. The van der Waals surface area contributed by atoms with Gasteiger partial charge in [-0.3, -0.25) is 0 Å². The Morgan fingerprint density at radius 2 is 2.15 bits per heavy atom. The van der Waals surface area contributed by atoms with Crippen LogP contribution in [-0.4, -0.2) is 28.3 Å². The van der Waals surface area contributed by atoms with E-state index >= 15 is 0 Å². The molecule has 1 aromatic carbocycles. The average Bonchev–Trinajstić information content (AvgIpc) is 2.96. The van der Waals surface area contributed by atoms with Crippen LogP contribution < -0.4 is 4.74 Å². The third kappa shape index (κ3) is 1.97. The van der Waals surface area contributed by atoms with Gasteiger partial charge in [-0.1, -0.05) is 17.3 Å². The second kappa shape index (κ2) is 4.65. The second-order valence-electron chi connectivity index (χ2n) is 4.14. The highest BCUT2D eigenvalue weighted by molar-refractivity contribution is 5.91. The highest BCUT2D eigenvalue weighted by Crippen LogP contribution is 2.29. The molecule has 0 amide bonds. The number of methoxy groups -OCH3 is 1. The number of carbonyl (C=O) groups is 1. The predicted octanol–water partition coefficient (Wildman–Crippen LogP) is 2.60. The smallest absolute Gasteiger partial charge is 0.358 e. The Bertz CT molecular complexity index is 795. The van der Waals surface area contributed by atoms with E-state index in [2.05, 4.69) is 10.1 Å². The van der Waals surface area contributed by atoms with Crippen molar-refractivity contribution in [1.82, 2.24) is 10.1 Å². The number of carboxylic acid groups (broad SMARTS) is 1. The molecule has 20 heavy (non-hydrogen) atoms. The van der Waals surface area contributed by atoms with Crippen molar-refractivity contribution in [3.8, 4) is 17.2 Å². The van der Waals surface area contributed by atoms with Gasteiger partial charge in [-0.05, 0) is 17.5 Å². The molecule has 2 aromatic heterocycles. The zero-order chi connectivity index (χ0) is 14.1. The van der Waals surface area contributed by atoms with Crippen LogP contribution in [0.2, 0.25) is 0 Å². The van der Waals surface area contributed by atoms with E-state index < -0.39 is 5.97 Å². The van der Waals surface area contributed by atoms with Crippen LogP contribution in [-0.2, 0) is 0 Å². The molecular formula is C14H10N2O4. The number of ether oxygens (including phenoxy) is 1. The molecule has 0 aliphatic carbocycles. The normalized spacial score (nSPS) is 10.7.